The van der Waals surface area contributed by atoms with E-state index in [1.807, 2.05) is 24.3 Å². The fourth-order valence-corrected chi connectivity index (χ4v) is 3.10. The van der Waals surface area contributed by atoms with Crippen molar-refractivity contribution in [2.24, 2.45) is 0 Å². The molecule has 1 aliphatic heterocycles. The summed E-state index contributed by atoms with van der Waals surface area (Å²) in [5, 5.41) is 4.65. The number of hydrogen-bond donors (Lipinski definition) is 1. The number of hydrogen-bond acceptors (Lipinski definition) is 4. The normalized spacial score (nSPS) is 13.2. The number of carbonyl (C=O) groups is 3. The number of rotatable bonds is 4. The third-order valence-electron chi connectivity index (χ3n) is 4.40. The number of nitrogens with zero attached hydrogens (tertiary/aromatic N) is 2. The molecule has 6 heteroatoms. The van der Waals surface area contributed by atoms with Crippen molar-refractivity contribution in [1.82, 2.24) is 9.88 Å². The average Bonchev–Trinajstić information content (AvgIpc) is 2.91. The Morgan fingerprint density at radius 1 is 0.962 bits per heavy atom. The van der Waals surface area contributed by atoms with Crippen molar-refractivity contribution in [2.45, 2.75) is 6.42 Å². The molecule has 0 unspecified atom stereocenters. The molecule has 0 aliphatic carbocycles. The van der Waals surface area contributed by atoms with Crippen LogP contribution in [0.5, 0.6) is 0 Å². The summed E-state index contributed by atoms with van der Waals surface area (Å²) in [6.45, 7) is 0.0461. The second-order valence-corrected chi connectivity index (χ2v) is 6.01. The molecular formula is C20H15N3O3. The van der Waals surface area contributed by atoms with E-state index in [9.17, 15) is 14.4 Å². The largest absolute Gasteiger partial charge is 0.325 e. The molecule has 26 heavy (non-hydrogen) atoms. The molecule has 1 aromatic heterocycles. The van der Waals surface area contributed by atoms with Crippen LogP contribution >= 0.6 is 0 Å². The Morgan fingerprint density at radius 2 is 1.69 bits per heavy atom. The second-order valence-electron chi connectivity index (χ2n) is 6.01. The molecule has 1 aliphatic rings. The van der Waals surface area contributed by atoms with Crippen LogP contribution in [0, 0.1) is 0 Å². The summed E-state index contributed by atoms with van der Waals surface area (Å²) < 4.78 is 0. The summed E-state index contributed by atoms with van der Waals surface area (Å²) in [5.41, 5.74) is 1.45. The fraction of sp³-hybridized carbons (Fsp3) is 0.100. The molecular weight excluding hydrogens is 330 g/mol. The number of nitrogens with one attached hydrogen (secondary N) is 1. The van der Waals surface area contributed by atoms with Gasteiger partial charge in [0.15, 0.2) is 0 Å². The van der Waals surface area contributed by atoms with Gasteiger partial charge in [0.2, 0.25) is 5.91 Å². The van der Waals surface area contributed by atoms with Crippen molar-refractivity contribution in [2.75, 3.05) is 11.9 Å². The zero-order chi connectivity index (χ0) is 18.1. The molecule has 6 nitrogen and oxygen atoms in total. The maximum atomic E-state index is 12.3. The van der Waals surface area contributed by atoms with Gasteiger partial charge in [-0.25, -0.2) is 0 Å². The molecule has 2 aromatic carbocycles. The van der Waals surface area contributed by atoms with E-state index in [-0.39, 0.29) is 30.7 Å². The highest BCUT2D eigenvalue weighted by Crippen LogP contribution is 2.24. The number of aromatic nitrogens is 1. The van der Waals surface area contributed by atoms with Gasteiger partial charge in [-0.05, 0) is 24.3 Å². The van der Waals surface area contributed by atoms with E-state index in [1.54, 1.807) is 36.7 Å². The maximum Gasteiger partial charge on any atom is 0.261 e. The van der Waals surface area contributed by atoms with Gasteiger partial charge >= 0.3 is 0 Å². The van der Waals surface area contributed by atoms with Crippen LogP contribution in [0.25, 0.3) is 10.8 Å². The van der Waals surface area contributed by atoms with Crippen molar-refractivity contribution in [1.29, 1.82) is 0 Å². The van der Waals surface area contributed by atoms with Crippen LogP contribution in [0.2, 0.25) is 0 Å². The van der Waals surface area contributed by atoms with Crippen LogP contribution in [0.15, 0.2) is 60.9 Å². The number of anilines is 1. The molecule has 1 N–H and O–H groups in total. The highest BCUT2D eigenvalue weighted by molar-refractivity contribution is 6.21. The molecule has 0 radical (unpaired) electrons. The van der Waals surface area contributed by atoms with E-state index in [1.165, 1.54) is 0 Å². The van der Waals surface area contributed by atoms with Crippen LogP contribution in [-0.4, -0.2) is 34.2 Å². The minimum atomic E-state index is -0.352. The van der Waals surface area contributed by atoms with E-state index in [2.05, 4.69) is 10.3 Å². The molecule has 128 valence electrons. The van der Waals surface area contributed by atoms with E-state index < -0.39 is 0 Å². The molecule has 0 saturated carbocycles. The van der Waals surface area contributed by atoms with E-state index in [0.29, 0.717) is 16.8 Å². The third-order valence-corrected chi connectivity index (χ3v) is 4.40. The fourth-order valence-electron chi connectivity index (χ4n) is 3.10. The lowest BCUT2D eigenvalue weighted by Gasteiger charge is -2.14. The lowest BCUT2D eigenvalue weighted by Crippen LogP contribution is -2.32. The van der Waals surface area contributed by atoms with Crippen molar-refractivity contribution < 1.29 is 14.4 Å². The second kappa shape index (κ2) is 6.40. The molecule has 0 saturated heterocycles. The number of imide groups is 1. The topological polar surface area (TPSA) is 79.4 Å². The summed E-state index contributed by atoms with van der Waals surface area (Å²) in [5.74, 6) is -0.963. The molecule has 0 atom stereocenters. The molecule has 0 fully saturated rings. The van der Waals surface area contributed by atoms with Gasteiger partial charge in [-0.15, -0.1) is 0 Å². The van der Waals surface area contributed by atoms with Crippen LogP contribution < -0.4 is 5.32 Å². The van der Waals surface area contributed by atoms with E-state index >= 15 is 0 Å². The van der Waals surface area contributed by atoms with Gasteiger partial charge in [-0.1, -0.05) is 24.3 Å². The van der Waals surface area contributed by atoms with E-state index in [0.717, 1.165) is 15.7 Å². The first-order valence-corrected chi connectivity index (χ1v) is 8.23. The quantitative estimate of drug-likeness (QED) is 0.738. The Balaban J connectivity index is 1.45. The Kier molecular flexibility index (Phi) is 3.93. The van der Waals surface area contributed by atoms with E-state index in [4.69, 9.17) is 0 Å². The molecule has 2 heterocycles. The number of benzene rings is 2. The van der Waals surface area contributed by atoms with Gasteiger partial charge in [0, 0.05) is 41.8 Å². The number of carbonyl (C=O) groups excluding carboxylic acids is 3. The first-order chi connectivity index (χ1) is 12.6. The third kappa shape index (κ3) is 2.71. The van der Waals surface area contributed by atoms with Crippen LogP contribution in [0.4, 0.5) is 5.69 Å². The summed E-state index contributed by atoms with van der Waals surface area (Å²) in [6, 6.07) is 14.1. The van der Waals surface area contributed by atoms with Gasteiger partial charge in [0.25, 0.3) is 11.8 Å². The Labute approximate surface area is 149 Å². The van der Waals surface area contributed by atoms with Gasteiger partial charge in [-0.3, -0.25) is 24.3 Å². The zero-order valence-corrected chi connectivity index (χ0v) is 13.8. The predicted octanol–water partition coefficient (Wildman–Crippen LogP) is 2.86. The van der Waals surface area contributed by atoms with Crippen molar-refractivity contribution in [3.05, 3.63) is 72.1 Å². The first kappa shape index (κ1) is 16.0. The highest BCUT2D eigenvalue weighted by atomic mass is 16.2. The van der Waals surface area contributed by atoms with Gasteiger partial charge < -0.3 is 5.32 Å². The molecule has 3 amide bonds. The standard InChI is InChI=1S/C20H15N3O3/c24-18(22-17-7-3-4-13-12-21-10-8-14(13)17)9-11-23-19(25)15-5-1-2-6-16(15)20(23)26/h1-8,10,12H,9,11H2,(H,22,24). The predicted molar refractivity (Wildman–Crippen MR) is 96.8 cm³/mol. The van der Waals surface area contributed by atoms with Crippen LogP contribution in [0.3, 0.4) is 0 Å². The van der Waals surface area contributed by atoms with Gasteiger partial charge in [0.1, 0.15) is 0 Å². The summed E-state index contributed by atoms with van der Waals surface area (Å²) in [4.78, 5) is 42.1. The van der Waals surface area contributed by atoms with Crippen molar-refractivity contribution in [3.63, 3.8) is 0 Å². The van der Waals surface area contributed by atoms with Crippen molar-refractivity contribution >= 4 is 34.2 Å². The van der Waals surface area contributed by atoms with Crippen LogP contribution in [-0.2, 0) is 4.79 Å². The minimum Gasteiger partial charge on any atom is -0.325 e. The first-order valence-electron chi connectivity index (χ1n) is 8.23. The smallest absolute Gasteiger partial charge is 0.261 e. The molecule has 0 spiro atoms. The summed E-state index contributed by atoms with van der Waals surface area (Å²) >= 11 is 0. The Morgan fingerprint density at radius 3 is 2.42 bits per heavy atom. The average molecular weight is 345 g/mol. The lowest BCUT2D eigenvalue weighted by molar-refractivity contribution is -0.116. The summed E-state index contributed by atoms with van der Waals surface area (Å²) in [6.07, 6.45) is 3.42. The van der Waals surface area contributed by atoms with Crippen LogP contribution in [0.1, 0.15) is 27.1 Å². The number of pyridine rings is 1. The summed E-state index contributed by atoms with van der Waals surface area (Å²) in [7, 11) is 0. The molecule has 4 rings (SSSR count). The number of fused-ring (bicyclic) bond motifs is 2. The lowest BCUT2D eigenvalue weighted by atomic mass is 10.1. The Hall–Kier alpha value is -3.54. The van der Waals surface area contributed by atoms with Gasteiger partial charge in [0.05, 0.1) is 11.1 Å². The SMILES string of the molecule is O=C(CCN1C(=O)c2ccccc2C1=O)Nc1cccc2cnccc12. The Bertz CT molecular complexity index is 1000. The maximum absolute atomic E-state index is 12.3. The number of amides is 3. The minimum absolute atomic E-state index is 0.0347. The highest BCUT2D eigenvalue weighted by Gasteiger charge is 2.34. The van der Waals surface area contributed by atoms with Gasteiger partial charge in [-0.2, -0.15) is 0 Å². The molecule has 3 aromatic rings. The zero-order valence-electron chi connectivity index (χ0n) is 13.8. The molecule has 0 bridgehead atoms. The van der Waals surface area contributed by atoms with Crippen molar-refractivity contribution in [3.8, 4) is 0 Å². The monoisotopic (exact) mass is 345 g/mol.